The summed E-state index contributed by atoms with van der Waals surface area (Å²) in [5.41, 5.74) is 0.500. The number of anilines is 1. The first-order valence-electron chi connectivity index (χ1n) is 17.6. The van der Waals surface area contributed by atoms with Crippen molar-refractivity contribution in [3.8, 4) is 0 Å². The molecule has 1 aromatic rings. The molecule has 6 amide bonds. The van der Waals surface area contributed by atoms with Gasteiger partial charge in [-0.1, -0.05) is 67.0 Å². The Bertz CT molecular complexity index is 1330. The van der Waals surface area contributed by atoms with Crippen LogP contribution in [0.4, 0.5) is 5.69 Å². The molecule has 1 saturated heterocycles. The van der Waals surface area contributed by atoms with Crippen LogP contribution < -0.4 is 21.3 Å². The first kappa shape index (κ1) is 38.5. The average Bonchev–Trinajstić information content (AvgIpc) is 3.06. The molecule has 266 valence electrons. The molecule has 0 radical (unpaired) electrons. The van der Waals surface area contributed by atoms with Crippen molar-refractivity contribution in [2.45, 2.75) is 124 Å². The average molecular weight is 669 g/mol. The van der Waals surface area contributed by atoms with Crippen molar-refractivity contribution in [3.63, 3.8) is 0 Å². The van der Waals surface area contributed by atoms with Gasteiger partial charge in [0.1, 0.15) is 30.2 Å². The van der Waals surface area contributed by atoms with Crippen molar-refractivity contribution >= 4 is 41.1 Å². The number of amides is 6. The van der Waals surface area contributed by atoms with Gasteiger partial charge in [-0.05, 0) is 68.4 Å². The Kier molecular flexibility index (Phi) is 14.0. The molecule has 12 nitrogen and oxygen atoms in total. The van der Waals surface area contributed by atoms with Crippen LogP contribution in [0, 0.1) is 17.8 Å². The number of benzene rings is 1. The highest BCUT2D eigenvalue weighted by Crippen LogP contribution is 2.26. The van der Waals surface area contributed by atoms with Gasteiger partial charge in [0.2, 0.25) is 29.5 Å². The molecule has 0 spiro atoms. The van der Waals surface area contributed by atoms with Gasteiger partial charge in [0.25, 0.3) is 5.91 Å². The molecule has 0 aliphatic carbocycles. The van der Waals surface area contributed by atoms with Crippen LogP contribution in [0.25, 0.3) is 0 Å². The van der Waals surface area contributed by atoms with Crippen molar-refractivity contribution in [1.29, 1.82) is 0 Å². The SMILES string of the molecule is CC[C@H]1NC(=O)[C@H](CC(C)C)N(C)C(=O)[C@@H]2CCCCN2C(=O)c2ccccc2NC(=O)[C@@H]([C@@H](C)CC)NC(=O)[C@H](CC(C)C)NC1=O. The van der Waals surface area contributed by atoms with E-state index < -0.39 is 59.7 Å². The summed E-state index contributed by atoms with van der Waals surface area (Å²) < 4.78 is 0. The van der Waals surface area contributed by atoms with Crippen LogP contribution in [-0.2, 0) is 24.0 Å². The molecule has 0 bridgehead atoms. The highest BCUT2D eigenvalue weighted by atomic mass is 16.2. The fraction of sp³-hybridized carbons (Fsp3) is 0.667. The summed E-state index contributed by atoms with van der Waals surface area (Å²) in [4.78, 5) is 86.4. The lowest BCUT2D eigenvalue weighted by Gasteiger charge is -2.39. The van der Waals surface area contributed by atoms with Gasteiger partial charge in [-0.15, -0.1) is 0 Å². The predicted molar refractivity (Wildman–Crippen MR) is 185 cm³/mol. The van der Waals surface area contributed by atoms with Crippen molar-refractivity contribution in [2.24, 2.45) is 17.8 Å². The Hall–Kier alpha value is -3.96. The largest absolute Gasteiger partial charge is 0.343 e. The minimum absolute atomic E-state index is 0.0275. The van der Waals surface area contributed by atoms with Crippen LogP contribution in [0.1, 0.15) is 104 Å². The molecule has 2 heterocycles. The first-order valence-corrected chi connectivity index (χ1v) is 17.6. The van der Waals surface area contributed by atoms with E-state index in [0.717, 1.165) is 6.42 Å². The van der Waals surface area contributed by atoms with Crippen LogP contribution in [0.15, 0.2) is 24.3 Å². The Morgan fingerprint density at radius 3 is 2.02 bits per heavy atom. The quantitative estimate of drug-likeness (QED) is 0.349. The third-order valence-corrected chi connectivity index (χ3v) is 9.45. The molecule has 0 unspecified atom stereocenters. The van der Waals surface area contributed by atoms with Gasteiger partial charge in [-0.2, -0.15) is 0 Å². The molecule has 48 heavy (non-hydrogen) atoms. The summed E-state index contributed by atoms with van der Waals surface area (Å²) in [6, 6.07) is 2.07. The zero-order valence-corrected chi connectivity index (χ0v) is 29.9. The molecular weight excluding hydrogens is 612 g/mol. The number of fused-ring (bicyclic) bond motifs is 2. The van der Waals surface area contributed by atoms with Crippen molar-refractivity contribution in [1.82, 2.24) is 25.8 Å². The number of nitrogens with zero attached hydrogens (tertiary/aromatic N) is 2. The van der Waals surface area contributed by atoms with Gasteiger partial charge in [-0.3, -0.25) is 28.8 Å². The number of carbonyl (C=O) groups excluding carboxylic acids is 6. The Balaban J connectivity index is 2.15. The molecule has 0 aromatic heterocycles. The summed E-state index contributed by atoms with van der Waals surface area (Å²) >= 11 is 0. The topological polar surface area (TPSA) is 157 Å². The Morgan fingerprint density at radius 2 is 1.40 bits per heavy atom. The molecule has 12 heteroatoms. The maximum absolute atomic E-state index is 14.2. The monoisotopic (exact) mass is 668 g/mol. The Labute approximate surface area is 285 Å². The number of nitrogens with one attached hydrogen (secondary N) is 4. The van der Waals surface area contributed by atoms with E-state index in [4.69, 9.17) is 0 Å². The summed E-state index contributed by atoms with van der Waals surface area (Å²) in [5.74, 6) is -2.97. The number of carbonyl (C=O) groups is 6. The van der Waals surface area contributed by atoms with Gasteiger partial charge >= 0.3 is 0 Å². The summed E-state index contributed by atoms with van der Waals surface area (Å²) in [6.45, 7) is 13.6. The maximum Gasteiger partial charge on any atom is 0.256 e. The zero-order chi connectivity index (χ0) is 35.7. The smallest absolute Gasteiger partial charge is 0.256 e. The maximum atomic E-state index is 14.2. The Morgan fingerprint density at radius 1 is 0.771 bits per heavy atom. The number of hydrogen-bond donors (Lipinski definition) is 4. The van der Waals surface area contributed by atoms with Crippen LogP contribution in [0.5, 0.6) is 0 Å². The number of likely N-dealkylation sites (N-methyl/N-ethyl adjacent to an activating group) is 1. The highest BCUT2D eigenvalue weighted by molar-refractivity contribution is 6.07. The zero-order valence-electron chi connectivity index (χ0n) is 29.9. The molecule has 2 aliphatic rings. The minimum atomic E-state index is -0.967. The highest BCUT2D eigenvalue weighted by Gasteiger charge is 2.40. The normalized spacial score (nSPS) is 26.0. The molecule has 0 saturated carbocycles. The van der Waals surface area contributed by atoms with E-state index in [2.05, 4.69) is 21.3 Å². The van der Waals surface area contributed by atoms with Gasteiger partial charge in [0.05, 0.1) is 11.3 Å². The van der Waals surface area contributed by atoms with E-state index in [-0.39, 0.29) is 41.3 Å². The second kappa shape index (κ2) is 17.4. The number of piperidine rings is 1. The van der Waals surface area contributed by atoms with Crippen molar-refractivity contribution < 1.29 is 28.8 Å². The third-order valence-electron chi connectivity index (χ3n) is 9.45. The molecule has 4 N–H and O–H groups in total. The number of hydrogen-bond acceptors (Lipinski definition) is 6. The first-order chi connectivity index (χ1) is 22.7. The molecule has 3 rings (SSSR count). The lowest BCUT2D eigenvalue weighted by molar-refractivity contribution is -0.144. The van der Waals surface area contributed by atoms with Gasteiger partial charge < -0.3 is 31.1 Å². The van der Waals surface area contributed by atoms with Crippen molar-refractivity contribution in [3.05, 3.63) is 29.8 Å². The standard InChI is InChI=1S/C36H56N6O6/c1-9-23(7)30-34(46)38-26-16-12-11-15-24(26)35(47)42-18-14-13-17-28(42)36(48)41(8)29(20-22(5)6)33(45)37-25(10-2)31(43)39-27(19-21(3)4)32(44)40-30/h11-12,15-16,21-23,25,27-30H,9-10,13-14,17-20H2,1-8H3,(H,37,45)(H,38,46)(H,39,43)(H,40,44)/t23-,25+,27-,28-,29-,30+/m0/s1. The predicted octanol–water partition coefficient (Wildman–Crippen LogP) is 3.46. The van der Waals surface area contributed by atoms with Gasteiger partial charge in [0.15, 0.2) is 0 Å². The van der Waals surface area contributed by atoms with Gasteiger partial charge in [0, 0.05) is 13.6 Å². The molecular formula is C36H56N6O6. The minimum Gasteiger partial charge on any atom is -0.343 e. The van der Waals surface area contributed by atoms with Crippen LogP contribution in [0.2, 0.25) is 0 Å². The van der Waals surface area contributed by atoms with E-state index in [1.165, 1.54) is 4.90 Å². The number of para-hydroxylation sites is 1. The second-order valence-electron chi connectivity index (χ2n) is 14.2. The molecule has 1 aromatic carbocycles. The van der Waals surface area contributed by atoms with E-state index in [1.54, 1.807) is 43.1 Å². The van der Waals surface area contributed by atoms with Gasteiger partial charge in [-0.25, -0.2) is 0 Å². The van der Waals surface area contributed by atoms with E-state index in [9.17, 15) is 28.8 Å². The molecule has 1 fully saturated rings. The van der Waals surface area contributed by atoms with Crippen molar-refractivity contribution in [2.75, 3.05) is 18.9 Å². The fourth-order valence-electron chi connectivity index (χ4n) is 6.40. The van der Waals surface area contributed by atoms with Crippen LogP contribution in [-0.4, -0.2) is 89.0 Å². The summed E-state index contributed by atoms with van der Waals surface area (Å²) in [7, 11) is 1.57. The van der Waals surface area contributed by atoms with Crippen LogP contribution in [0.3, 0.4) is 0 Å². The molecule has 2 aliphatic heterocycles. The molecule has 6 atom stereocenters. The lowest BCUT2D eigenvalue weighted by Crippen LogP contribution is -2.60. The lowest BCUT2D eigenvalue weighted by atomic mass is 9.96. The second-order valence-corrected chi connectivity index (χ2v) is 14.2. The van der Waals surface area contributed by atoms with E-state index in [1.807, 2.05) is 41.5 Å². The number of rotatable bonds is 7. The van der Waals surface area contributed by atoms with E-state index in [0.29, 0.717) is 38.6 Å². The summed E-state index contributed by atoms with van der Waals surface area (Å²) in [6.07, 6.45) is 3.35. The van der Waals surface area contributed by atoms with Crippen LogP contribution >= 0.6 is 0 Å². The van der Waals surface area contributed by atoms with E-state index >= 15 is 0 Å². The third kappa shape index (κ3) is 9.56. The summed E-state index contributed by atoms with van der Waals surface area (Å²) in [5, 5.41) is 11.4. The fourth-order valence-corrected chi connectivity index (χ4v) is 6.40.